The normalized spacial score (nSPS) is 11.7. The van der Waals surface area contributed by atoms with Gasteiger partial charge in [0.15, 0.2) is 0 Å². The first-order chi connectivity index (χ1) is 14.6. The third kappa shape index (κ3) is 4.08. The van der Waals surface area contributed by atoms with Crippen LogP contribution in [0.3, 0.4) is 0 Å². The van der Waals surface area contributed by atoms with Crippen LogP contribution in [0.15, 0.2) is 54.6 Å². The molecule has 0 spiro atoms. The van der Waals surface area contributed by atoms with E-state index in [1.54, 1.807) is 0 Å². The lowest BCUT2D eigenvalue weighted by Gasteiger charge is -2.11. The first-order valence-electron chi connectivity index (χ1n) is 9.80. The Balaban J connectivity index is 1.99. The van der Waals surface area contributed by atoms with Crippen molar-refractivity contribution >= 4 is 0 Å². The molecule has 0 N–H and O–H groups in total. The van der Waals surface area contributed by atoms with Gasteiger partial charge < -0.3 is 0 Å². The van der Waals surface area contributed by atoms with Crippen LogP contribution in [0.25, 0.3) is 28.5 Å². The largest absolute Gasteiger partial charge is 0.433 e. The SMILES string of the molecule is Cc1ccc(-c2nn(-c3nc(C)cc(C(F)(F)F)n3)c(-c3ccc(C)cc3)c2C)cc1. The molecule has 0 aliphatic carbocycles. The molecule has 2 aromatic carbocycles. The molecule has 0 aliphatic rings. The second-order valence-electron chi connectivity index (χ2n) is 7.66. The third-order valence-electron chi connectivity index (χ3n) is 5.09. The van der Waals surface area contributed by atoms with E-state index in [0.717, 1.165) is 33.9 Å². The molecule has 0 aliphatic heterocycles. The van der Waals surface area contributed by atoms with Crippen LogP contribution in [-0.4, -0.2) is 19.7 Å². The summed E-state index contributed by atoms with van der Waals surface area (Å²) in [5.41, 5.74) is 5.29. The van der Waals surface area contributed by atoms with Gasteiger partial charge in [-0.15, -0.1) is 0 Å². The van der Waals surface area contributed by atoms with Gasteiger partial charge in [0.1, 0.15) is 5.69 Å². The Morgan fingerprint density at radius 2 is 1.29 bits per heavy atom. The van der Waals surface area contributed by atoms with Gasteiger partial charge in [-0.1, -0.05) is 59.7 Å². The van der Waals surface area contributed by atoms with Gasteiger partial charge in [-0.25, -0.2) is 9.97 Å². The van der Waals surface area contributed by atoms with Crippen molar-refractivity contribution in [3.05, 3.63) is 82.7 Å². The number of hydrogen-bond donors (Lipinski definition) is 0. The van der Waals surface area contributed by atoms with Gasteiger partial charge in [0.25, 0.3) is 5.95 Å². The Morgan fingerprint density at radius 1 is 0.742 bits per heavy atom. The van der Waals surface area contributed by atoms with E-state index in [1.807, 2.05) is 69.3 Å². The molecule has 4 aromatic rings. The average molecular weight is 422 g/mol. The summed E-state index contributed by atoms with van der Waals surface area (Å²) in [6, 6.07) is 16.6. The van der Waals surface area contributed by atoms with Crippen molar-refractivity contribution in [2.45, 2.75) is 33.9 Å². The third-order valence-corrected chi connectivity index (χ3v) is 5.09. The van der Waals surface area contributed by atoms with Crippen LogP contribution < -0.4 is 0 Å². The fraction of sp³-hybridized carbons (Fsp3) is 0.208. The summed E-state index contributed by atoms with van der Waals surface area (Å²) in [6.07, 6.45) is -4.57. The first kappa shape index (κ1) is 20.8. The van der Waals surface area contributed by atoms with Gasteiger partial charge in [-0.3, -0.25) is 0 Å². The molecular formula is C24H21F3N4. The lowest BCUT2D eigenvalue weighted by molar-refractivity contribution is -0.141. The molecule has 158 valence electrons. The van der Waals surface area contributed by atoms with E-state index in [1.165, 1.54) is 11.6 Å². The number of aryl methyl sites for hydroxylation is 3. The average Bonchev–Trinajstić information content (AvgIpc) is 3.05. The van der Waals surface area contributed by atoms with Crippen molar-refractivity contribution in [1.29, 1.82) is 0 Å². The number of hydrogen-bond acceptors (Lipinski definition) is 3. The van der Waals surface area contributed by atoms with Crippen molar-refractivity contribution in [2.75, 3.05) is 0 Å². The molecular weight excluding hydrogens is 401 g/mol. The molecule has 7 heteroatoms. The first-order valence-corrected chi connectivity index (χ1v) is 9.80. The Morgan fingerprint density at radius 3 is 1.84 bits per heavy atom. The molecule has 31 heavy (non-hydrogen) atoms. The van der Waals surface area contributed by atoms with Gasteiger partial charge in [0.05, 0.1) is 11.4 Å². The molecule has 0 bridgehead atoms. The summed E-state index contributed by atoms with van der Waals surface area (Å²) in [7, 11) is 0. The number of benzene rings is 2. The molecule has 2 heterocycles. The Hall–Kier alpha value is -3.48. The quantitative estimate of drug-likeness (QED) is 0.392. The number of alkyl halides is 3. The Bertz CT molecular complexity index is 1240. The van der Waals surface area contributed by atoms with Crippen molar-refractivity contribution in [1.82, 2.24) is 19.7 Å². The molecule has 2 aromatic heterocycles. The molecule has 0 atom stereocenters. The van der Waals surface area contributed by atoms with Gasteiger partial charge >= 0.3 is 6.18 Å². The van der Waals surface area contributed by atoms with Crippen LogP contribution in [0, 0.1) is 27.7 Å². The maximum Gasteiger partial charge on any atom is 0.433 e. The van der Waals surface area contributed by atoms with Crippen LogP contribution in [-0.2, 0) is 6.18 Å². The lowest BCUT2D eigenvalue weighted by atomic mass is 10.0. The summed E-state index contributed by atoms with van der Waals surface area (Å²) < 4.78 is 41.6. The monoisotopic (exact) mass is 422 g/mol. The number of halogens is 3. The topological polar surface area (TPSA) is 43.6 Å². The summed E-state index contributed by atoms with van der Waals surface area (Å²) in [5, 5.41) is 4.67. The highest BCUT2D eigenvalue weighted by atomic mass is 19.4. The molecule has 0 saturated carbocycles. The van der Waals surface area contributed by atoms with E-state index < -0.39 is 11.9 Å². The molecule has 0 radical (unpaired) electrons. The zero-order valence-electron chi connectivity index (χ0n) is 17.6. The molecule has 4 rings (SSSR count). The minimum atomic E-state index is -4.57. The fourth-order valence-electron chi connectivity index (χ4n) is 3.47. The number of nitrogens with zero attached hydrogens (tertiary/aromatic N) is 4. The second-order valence-corrected chi connectivity index (χ2v) is 7.66. The zero-order chi connectivity index (χ0) is 22.3. The molecule has 0 unspecified atom stereocenters. The van der Waals surface area contributed by atoms with Gasteiger partial charge in [-0.2, -0.15) is 23.0 Å². The van der Waals surface area contributed by atoms with Crippen LogP contribution in [0.2, 0.25) is 0 Å². The molecule has 4 nitrogen and oxygen atoms in total. The smallest absolute Gasteiger partial charge is 0.216 e. The highest BCUT2D eigenvalue weighted by Crippen LogP contribution is 2.34. The zero-order valence-corrected chi connectivity index (χ0v) is 17.6. The van der Waals surface area contributed by atoms with Crippen molar-refractivity contribution in [2.24, 2.45) is 0 Å². The predicted molar refractivity (Wildman–Crippen MR) is 114 cm³/mol. The highest BCUT2D eigenvalue weighted by molar-refractivity contribution is 5.75. The molecule has 0 amide bonds. The van der Waals surface area contributed by atoms with Crippen LogP contribution >= 0.6 is 0 Å². The van der Waals surface area contributed by atoms with E-state index in [9.17, 15) is 13.2 Å². The van der Waals surface area contributed by atoms with E-state index in [4.69, 9.17) is 0 Å². The standard InChI is InChI=1S/C24H21F3N4/c1-14-5-9-18(10-6-14)21-17(4)22(19-11-7-15(2)8-12-19)31(30-21)23-28-16(3)13-20(29-23)24(25,26)27/h5-13H,1-4H3. The van der Waals surface area contributed by atoms with E-state index in [2.05, 4.69) is 15.1 Å². The maximum atomic E-state index is 13.4. The summed E-state index contributed by atoms with van der Waals surface area (Å²) in [6.45, 7) is 7.40. The van der Waals surface area contributed by atoms with Crippen molar-refractivity contribution < 1.29 is 13.2 Å². The summed E-state index contributed by atoms with van der Waals surface area (Å²) >= 11 is 0. The lowest BCUT2D eigenvalue weighted by Crippen LogP contribution is -2.14. The van der Waals surface area contributed by atoms with Crippen LogP contribution in [0.1, 0.15) is 28.1 Å². The molecule has 0 saturated heterocycles. The highest BCUT2D eigenvalue weighted by Gasteiger charge is 2.34. The fourth-order valence-corrected chi connectivity index (χ4v) is 3.47. The predicted octanol–water partition coefficient (Wildman–Crippen LogP) is 6.25. The van der Waals surface area contributed by atoms with Crippen molar-refractivity contribution in [3.8, 4) is 28.5 Å². The van der Waals surface area contributed by atoms with E-state index in [0.29, 0.717) is 11.4 Å². The second kappa shape index (κ2) is 7.65. The van der Waals surface area contributed by atoms with Crippen LogP contribution in [0.5, 0.6) is 0 Å². The number of aromatic nitrogens is 4. The van der Waals surface area contributed by atoms with Gasteiger partial charge in [0.2, 0.25) is 0 Å². The Kier molecular flexibility index (Phi) is 5.13. The summed E-state index contributed by atoms with van der Waals surface area (Å²) in [5.74, 6) is -0.107. The maximum absolute atomic E-state index is 13.4. The minimum absolute atomic E-state index is 0.107. The van der Waals surface area contributed by atoms with E-state index >= 15 is 0 Å². The van der Waals surface area contributed by atoms with Crippen molar-refractivity contribution in [3.63, 3.8) is 0 Å². The molecule has 0 fully saturated rings. The minimum Gasteiger partial charge on any atom is -0.216 e. The van der Waals surface area contributed by atoms with Crippen LogP contribution in [0.4, 0.5) is 13.2 Å². The Labute approximate surface area is 178 Å². The van der Waals surface area contributed by atoms with E-state index in [-0.39, 0.29) is 11.6 Å². The number of rotatable bonds is 3. The summed E-state index contributed by atoms with van der Waals surface area (Å²) in [4.78, 5) is 8.08. The van der Waals surface area contributed by atoms with Gasteiger partial charge in [0, 0.05) is 22.4 Å². The van der Waals surface area contributed by atoms with Gasteiger partial charge in [-0.05, 0) is 33.8 Å².